The molecule has 1 aliphatic rings. The summed E-state index contributed by atoms with van der Waals surface area (Å²) in [5.41, 5.74) is 2.56. The van der Waals surface area contributed by atoms with Crippen LogP contribution in [0.4, 0.5) is 0 Å². The Morgan fingerprint density at radius 3 is 3.00 bits per heavy atom. The molecule has 1 aliphatic carbocycles. The van der Waals surface area contributed by atoms with Gasteiger partial charge in [0.2, 0.25) is 0 Å². The Morgan fingerprint density at radius 2 is 2.23 bits per heavy atom. The number of ether oxygens (including phenoxy) is 1. The van der Waals surface area contributed by atoms with Crippen molar-refractivity contribution in [2.75, 3.05) is 7.11 Å². The minimum Gasteiger partial charge on any atom is -0.494 e. The van der Waals surface area contributed by atoms with Gasteiger partial charge < -0.3 is 9.72 Å². The second-order valence-corrected chi connectivity index (χ2v) is 7.07. The van der Waals surface area contributed by atoms with Crippen LogP contribution in [0.3, 0.4) is 0 Å². The summed E-state index contributed by atoms with van der Waals surface area (Å²) in [7, 11) is 1.67. The lowest BCUT2D eigenvalue weighted by Crippen LogP contribution is -2.19. The number of pyridine rings is 1. The topological polar surface area (TPSA) is 95.3 Å². The first-order chi connectivity index (χ1) is 12.8. The van der Waals surface area contributed by atoms with Gasteiger partial charge in [-0.1, -0.05) is 12.8 Å². The molecule has 3 aromatic heterocycles. The van der Waals surface area contributed by atoms with Crippen molar-refractivity contribution >= 4 is 32.8 Å². The summed E-state index contributed by atoms with van der Waals surface area (Å²) < 4.78 is 5.71. The summed E-state index contributed by atoms with van der Waals surface area (Å²) in [5, 5.41) is 20.7. The number of H-pyrrole nitrogens is 2. The third-order valence-electron chi connectivity index (χ3n) is 5.73. The summed E-state index contributed by atoms with van der Waals surface area (Å²) in [6, 6.07) is 4.45. The second-order valence-electron chi connectivity index (χ2n) is 7.07. The summed E-state index contributed by atoms with van der Waals surface area (Å²) >= 11 is 0. The van der Waals surface area contributed by atoms with E-state index in [2.05, 4.69) is 21.1 Å². The average molecular weight is 348 g/mol. The van der Waals surface area contributed by atoms with E-state index >= 15 is 0 Å². The summed E-state index contributed by atoms with van der Waals surface area (Å²) in [5.74, 6) is 1.25. The van der Waals surface area contributed by atoms with Crippen LogP contribution in [0.1, 0.15) is 38.1 Å². The smallest absolute Gasteiger partial charge is 0.155 e. The molecular weight excluding hydrogens is 328 g/mol. The molecular formula is C19H20N6O. The van der Waals surface area contributed by atoms with Crippen molar-refractivity contribution in [3.63, 3.8) is 0 Å². The van der Waals surface area contributed by atoms with Gasteiger partial charge in [0.15, 0.2) is 5.75 Å². The first-order valence-corrected chi connectivity index (χ1v) is 9.08. The van der Waals surface area contributed by atoms with E-state index in [1.54, 1.807) is 7.11 Å². The van der Waals surface area contributed by atoms with E-state index in [1.807, 2.05) is 23.3 Å². The summed E-state index contributed by atoms with van der Waals surface area (Å²) in [4.78, 5) is 9.53. The monoisotopic (exact) mass is 348 g/mol. The summed E-state index contributed by atoms with van der Waals surface area (Å²) in [6.45, 7) is 0. The molecule has 7 heteroatoms. The van der Waals surface area contributed by atoms with Crippen LogP contribution >= 0.6 is 0 Å². The molecule has 132 valence electrons. The highest BCUT2D eigenvalue weighted by Crippen LogP contribution is 2.41. The predicted molar refractivity (Wildman–Crippen MR) is 99.0 cm³/mol. The predicted octanol–water partition coefficient (Wildman–Crippen LogP) is 4.05. The van der Waals surface area contributed by atoms with Crippen LogP contribution in [-0.4, -0.2) is 32.1 Å². The van der Waals surface area contributed by atoms with Crippen molar-refractivity contribution in [1.29, 1.82) is 5.26 Å². The van der Waals surface area contributed by atoms with Crippen LogP contribution < -0.4 is 4.74 Å². The van der Waals surface area contributed by atoms with E-state index in [0.29, 0.717) is 12.3 Å². The zero-order valence-electron chi connectivity index (χ0n) is 14.6. The number of methoxy groups -OCH3 is 1. The molecule has 0 spiro atoms. The van der Waals surface area contributed by atoms with Gasteiger partial charge in [-0.05, 0) is 24.8 Å². The Kier molecular flexibility index (Phi) is 3.38. The normalized spacial score (nSPS) is 16.6. The fourth-order valence-electron chi connectivity index (χ4n) is 4.51. The fourth-order valence-corrected chi connectivity index (χ4v) is 4.51. The zero-order chi connectivity index (χ0) is 17.7. The number of hydrogen-bond donors (Lipinski definition) is 2. The molecule has 5 rings (SSSR count). The quantitative estimate of drug-likeness (QED) is 0.581. The third-order valence-corrected chi connectivity index (χ3v) is 5.73. The molecule has 0 saturated heterocycles. The average Bonchev–Trinajstić information content (AvgIpc) is 3.40. The van der Waals surface area contributed by atoms with Gasteiger partial charge in [-0.15, -0.1) is 0 Å². The molecule has 1 aromatic carbocycles. The maximum absolute atomic E-state index is 9.34. The van der Waals surface area contributed by atoms with Crippen molar-refractivity contribution in [1.82, 2.24) is 25.0 Å². The molecule has 1 fully saturated rings. The molecule has 4 aromatic rings. The molecule has 1 atom stereocenters. The summed E-state index contributed by atoms with van der Waals surface area (Å²) in [6.07, 6.45) is 8.97. The van der Waals surface area contributed by atoms with Crippen LogP contribution in [-0.2, 0) is 0 Å². The first kappa shape index (κ1) is 15.3. The van der Waals surface area contributed by atoms with Crippen molar-refractivity contribution in [3.05, 3.63) is 18.5 Å². The van der Waals surface area contributed by atoms with Crippen molar-refractivity contribution in [2.45, 2.75) is 38.1 Å². The molecule has 26 heavy (non-hydrogen) atoms. The lowest BCUT2D eigenvalue weighted by molar-refractivity contribution is 0.288. The van der Waals surface area contributed by atoms with E-state index in [1.165, 1.54) is 12.8 Å². The SMILES string of the molecule is COc1c2cnc3[nH]ccc(c4nn(C(CC#N)C5CCCC5)[nH]c14)c32. The van der Waals surface area contributed by atoms with Crippen LogP contribution in [0.25, 0.3) is 32.8 Å². The number of hydrogen-bond acceptors (Lipinski definition) is 4. The Morgan fingerprint density at radius 1 is 1.38 bits per heavy atom. The van der Waals surface area contributed by atoms with Crippen LogP contribution in [0.15, 0.2) is 18.5 Å². The molecule has 1 saturated carbocycles. The highest BCUT2D eigenvalue weighted by atomic mass is 16.5. The van der Waals surface area contributed by atoms with Crippen LogP contribution in [0.5, 0.6) is 5.75 Å². The highest BCUT2D eigenvalue weighted by Gasteiger charge is 2.29. The molecule has 0 amide bonds. The largest absolute Gasteiger partial charge is 0.494 e. The van der Waals surface area contributed by atoms with Crippen LogP contribution in [0.2, 0.25) is 0 Å². The van der Waals surface area contributed by atoms with Gasteiger partial charge in [0.1, 0.15) is 16.7 Å². The molecule has 0 bridgehead atoms. The Bertz CT molecular complexity index is 1140. The lowest BCUT2D eigenvalue weighted by atomic mass is 9.96. The van der Waals surface area contributed by atoms with Gasteiger partial charge >= 0.3 is 0 Å². The minimum absolute atomic E-state index is 0.0736. The Balaban J connectivity index is 1.78. The van der Waals surface area contributed by atoms with E-state index in [0.717, 1.165) is 51.4 Å². The van der Waals surface area contributed by atoms with Crippen molar-refractivity contribution < 1.29 is 4.74 Å². The lowest BCUT2D eigenvalue weighted by Gasteiger charge is -2.20. The fraction of sp³-hybridized carbons (Fsp3) is 0.421. The first-order valence-electron chi connectivity index (χ1n) is 9.08. The molecule has 1 unspecified atom stereocenters. The third kappa shape index (κ3) is 2.05. The zero-order valence-corrected chi connectivity index (χ0v) is 14.6. The van der Waals surface area contributed by atoms with Gasteiger partial charge in [0.05, 0.1) is 25.6 Å². The van der Waals surface area contributed by atoms with Gasteiger partial charge in [-0.3, -0.25) is 5.10 Å². The van der Waals surface area contributed by atoms with Crippen molar-refractivity contribution in [3.8, 4) is 11.8 Å². The van der Waals surface area contributed by atoms with E-state index in [4.69, 9.17) is 9.84 Å². The molecule has 3 heterocycles. The Hall–Kier alpha value is -3.01. The van der Waals surface area contributed by atoms with E-state index in [9.17, 15) is 5.26 Å². The highest BCUT2D eigenvalue weighted by molar-refractivity contribution is 6.21. The van der Waals surface area contributed by atoms with Gasteiger partial charge in [0.25, 0.3) is 0 Å². The minimum atomic E-state index is 0.0736. The number of aromatic amines is 2. The van der Waals surface area contributed by atoms with E-state index in [-0.39, 0.29) is 6.04 Å². The number of rotatable bonds is 4. The van der Waals surface area contributed by atoms with Gasteiger partial charge in [0, 0.05) is 28.6 Å². The maximum atomic E-state index is 9.34. The Labute approximate surface area is 149 Å². The van der Waals surface area contributed by atoms with Crippen LogP contribution in [0, 0.1) is 17.2 Å². The second kappa shape index (κ2) is 5.77. The van der Waals surface area contributed by atoms with Gasteiger partial charge in [-0.25, -0.2) is 9.78 Å². The molecule has 2 N–H and O–H groups in total. The van der Waals surface area contributed by atoms with E-state index < -0.39 is 0 Å². The maximum Gasteiger partial charge on any atom is 0.155 e. The number of fused-ring (bicyclic) bond motifs is 2. The molecule has 0 aliphatic heterocycles. The number of aromatic nitrogens is 5. The standard InChI is InChI=1S/C19H20N6O/c1-26-18-13-10-22-19-15(13)12(7-9-21-19)16-17(18)24-25(23-16)14(6-8-20)11-4-2-3-5-11/h7,9-11,14,24H,2-6H2,1H3,(H,21,22). The number of nitriles is 1. The number of benzene rings is 1. The number of nitrogens with one attached hydrogen (secondary N) is 2. The van der Waals surface area contributed by atoms with Crippen molar-refractivity contribution in [2.24, 2.45) is 5.92 Å². The number of nitrogens with zero attached hydrogens (tertiary/aromatic N) is 4. The molecule has 0 radical (unpaired) electrons. The van der Waals surface area contributed by atoms with Gasteiger partial charge in [-0.2, -0.15) is 10.4 Å². The molecule has 7 nitrogen and oxygen atoms in total.